The molecule has 0 radical (unpaired) electrons. The fourth-order valence-electron chi connectivity index (χ4n) is 1.76. The molecule has 0 aliphatic rings. The number of carbonyl (C=O) groups is 1. The summed E-state index contributed by atoms with van der Waals surface area (Å²) in [6.45, 7) is 0.177. The van der Waals surface area contributed by atoms with Gasteiger partial charge in [-0.15, -0.1) is 0 Å². The van der Waals surface area contributed by atoms with E-state index >= 15 is 0 Å². The molecule has 2 rings (SSSR count). The molecule has 0 amide bonds. The number of carbonyl (C=O) groups excluding carboxylic acids is 1. The van der Waals surface area contributed by atoms with E-state index < -0.39 is 0 Å². The van der Waals surface area contributed by atoms with Crippen LogP contribution in [0.3, 0.4) is 0 Å². The van der Waals surface area contributed by atoms with Crippen molar-refractivity contribution in [3.05, 3.63) is 65.7 Å². The Morgan fingerprint density at radius 1 is 1.19 bits per heavy atom. The number of phenolic OH excluding ortho intramolecular Hbond substituents is 1. The minimum Gasteiger partial charge on any atom is -0.504 e. The van der Waals surface area contributed by atoms with Crippen molar-refractivity contribution in [2.75, 3.05) is 13.7 Å². The van der Waals surface area contributed by atoms with Crippen LogP contribution in [-0.4, -0.2) is 24.8 Å². The number of hydrogen-bond acceptors (Lipinski definition) is 4. The maximum absolute atomic E-state index is 11.7. The summed E-state index contributed by atoms with van der Waals surface area (Å²) in [4.78, 5) is 11.7. The summed E-state index contributed by atoms with van der Waals surface area (Å²) in [7, 11) is 1.49. The van der Waals surface area contributed by atoms with Crippen LogP contribution in [0.25, 0.3) is 6.08 Å². The molecule has 0 aliphatic heterocycles. The quantitative estimate of drug-likeness (QED) is 0.856. The van der Waals surface area contributed by atoms with Crippen LogP contribution in [-0.2, 0) is 4.74 Å². The molecule has 0 fully saturated rings. The number of ether oxygens (including phenoxy) is 2. The minimum absolute atomic E-state index is 0.0881. The van der Waals surface area contributed by atoms with Gasteiger partial charge in [0.1, 0.15) is 6.61 Å². The Labute approximate surface area is 123 Å². The molecule has 2 aromatic rings. The number of rotatable bonds is 5. The fourth-order valence-corrected chi connectivity index (χ4v) is 1.76. The van der Waals surface area contributed by atoms with Crippen molar-refractivity contribution in [1.29, 1.82) is 0 Å². The molecule has 0 atom stereocenters. The first-order valence-electron chi connectivity index (χ1n) is 6.46. The highest BCUT2D eigenvalue weighted by molar-refractivity contribution is 5.89. The monoisotopic (exact) mass is 284 g/mol. The lowest BCUT2D eigenvalue weighted by Crippen LogP contribution is -2.04. The number of phenols is 1. The van der Waals surface area contributed by atoms with Crippen LogP contribution in [0.5, 0.6) is 11.5 Å². The molecular weight excluding hydrogens is 268 g/mol. The van der Waals surface area contributed by atoms with Crippen molar-refractivity contribution in [3.8, 4) is 11.5 Å². The first-order valence-corrected chi connectivity index (χ1v) is 6.46. The lowest BCUT2D eigenvalue weighted by molar-refractivity contribution is 0.0550. The van der Waals surface area contributed by atoms with E-state index in [1.54, 1.807) is 54.6 Å². The summed E-state index contributed by atoms with van der Waals surface area (Å²) in [6.07, 6.45) is 3.52. The Kier molecular flexibility index (Phi) is 4.99. The third-order valence-corrected chi connectivity index (χ3v) is 2.83. The van der Waals surface area contributed by atoms with Crippen molar-refractivity contribution in [2.24, 2.45) is 0 Å². The molecule has 4 nitrogen and oxygen atoms in total. The SMILES string of the molecule is COc1cc(/C=C\COC(=O)c2ccccc2)ccc1O. The zero-order chi connectivity index (χ0) is 15.1. The van der Waals surface area contributed by atoms with Gasteiger partial charge in [-0.25, -0.2) is 4.79 Å². The molecule has 0 unspecified atom stereocenters. The van der Waals surface area contributed by atoms with Gasteiger partial charge in [-0.3, -0.25) is 0 Å². The molecule has 0 saturated carbocycles. The highest BCUT2D eigenvalue weighted by Crippen LogP contribution is 2.26. The fraction of sp³-hybridized carbons (Fsp3) is 0.118. The van der Waals surface area contributed by atoms with E-state index in [1.807, 2.05) is 6.07 Å². The summed E-state index contributed by atoms with van der Waals surface area (Å²) in [5, 5.41) is 9.49. The van der Waals surface area contributed by atoms with Crippen LogP contribution >= 0.6 is 0 Å². The van der Waals surface area contributed by atoms with Gasteiger partial charge >= 0.3 is 5.97 Å². The molecule has 108 valence electrons. The molecule has 0 saturated heterocycles. The summed E-state index contributed by atoms with van der Waals surface area (Å²) in [6, 6.07) is 13.8. The minimum atomic E-state index is -0.358. The Morgan fingerprint density at radius 2 is 1.95 bits per heavy atom. The number of benzene rings is 2. The molecule has 0 heterocycles. The average Bonchev–Trinajstić information content (AvgIpc) is 2.53. The predicted molar refractivity (Wildman–Crippen MR) is 80.4 cm³/mol. The van der Waals surface area contributed by atoms with Gasteiger partial charge in [0.25, 0.3) is 0 Å². The Bertz CT molecular complexity index is 632. The average molecular weight is 284 g/mol. The molecule has 2 aromatic carbocycles. The molecule has 0 aromatic heterocycles. The van der Waals surface area contributed by atoms with Crippen LogP contribution < -0.4 is 4.74 Å². The Balaban J connectivity index is 1.90. The van der Waals surface area contributed by atoms with Crippen LogP contribution in [0.1, 0.15) is 15.9 Å². The Hall–Kier alpha value is -2.75. The number of aromatic hydroxyl groups is 1. The van der Waals surface area contributed by atoms with Crippen LogP contribution in [0.2, 0.25) is 0 Å². The van der Waals surface area contributed by atoms with Gasteiger partial charge in [0.15, 0.2) is 11.5 Å². The largest absolute Gasteiger partial charge is 0.504 e. The first kappa shape index (κ1) is 14.7. The van der Waals surface area contributed by atoms with Gasteiger partial charge in [0.05, 0.1) is 12.7 Å². The molecule has 4 heteroatoms. The van der Waals surface area contributed by atoms with Gasteiger partial charge in [-0.1, -0.05) is 30.3 Å². The first-order chi connectivity index (χ1) is 10.2. The summed E-state index contributed by atoms with van der Waals surface area (Å²) in [5.41, 5.74) is 1.37. The maximum atomic E-state index is 11.7. The third-order valence-electron chi connectivity index (χ3n) is 2.83. The highest BCUT2D eigenvalue weighted by Gasteiger charge is 2.04. The van der Waals surface area contributed by atoms with Crippen LogP contribution in [0, 0.1) is 0 Å². The highest BCUT2D eigenvalue weighted by atomic mass is 16.5. The molecule has 0 aliphatic carbocycles. The van der Waals surface area contributed by atoms with Gasteiger partial charge < -0.3 is 14.6 Å². The zero-order valence-corrected chi connectivity index (χ0v) is 11.7. The van der Waals surface area contributed by atoms with Crippen molar-refractivity contribution in [1.82, 2.24) is 0 Å². The van der Waals surface area contributed by atoms with E-state index in [0.29, 0.717) is 11.3 Å². The van der Waals surface area contributed by atoms with Gasteiger partial charge in [-0.2, -0.15) is 0 Å². The number of esters is 1. The van der Waals surface area contributed by atoms with Crippen LogP contribution in [0.4, 0.5) is 0 Å². The van der Waals surface area contributed by atoms with Crippen molar-refractivity contribution in [2.45, 2.75) is 0 Å². The second-order valence-electron chi connectivity index (χ2n) is 4.30. The predicted octanol–water partition coefficient (Wildman–Crippen LogP) is 3.27. The zero-order valence-electron chi connectivity index (χ0n) is 11.7. The maximum Gasteiger partial charge on any atom is 0.338 e. The third kappa shape index (κ3) is 4.11. The smallest absolute Gasteiger partial charge is 0.338 e. The second-order valence-corrected chi connectivity index (χ2v) is 4.30. The van der Waals surface area contributed by atoms with E-state index in [0.717, 1.165) is 5.56 Å². The van der Waals surface area contributed by atoms with Crippen molar-refractivity contribution in [3.63, 3.8) is 0 Å². The topological polar surface area (TPSA) is 55.8 Å². The Morgan fingerprint density at radius 3 is 2.67 bits per heavy atom. The normalized spacial score (nSPS) is 10.5. The summed E-state index contributed by atoms with van der Waals surface area (Å²) < 4.78 is 10.1. The number of methoxy groups -OCH3 is 1. The molecule has 0 bridgehead atoms. The van der Waals surface area contributed by atoms with E-state index in [1.165, 1.54) is 7.11 Å². The van der Waals surface area contributed by atoms with Gasteiger partial charge in [0.2, 0.25) is 0 Å². The second kappa shape index (κ2) is 7.14. The summed E-state index contributed by atoms with van der Waals surface area (Å²) in [5.74, 6) is 0.132. The lowest BCUT2D eigenvalue weighted by atomic mass is 10.2. The standard InChI is InChI=1S/C17H16O4/c1-20-16-12-13(9-10-15(16)18)6-5-11-21-17(19)14-7-3-2-4-8-14/h2-10,12,18H,11H2,1H3/b6-5-. The van der Waals surface area contributed by atoms with E-state index in [9.17, 15) is 9.90 Å². The van der Waals surface area contributed by atoms with Crippen molar-refractivity contribution < 1.29 is 19.4 Å². The lowest BCUT2D eigenvalue weighted by Gasteiger charge is -2.04. The molecule has 1 N–H and O–H groups in total. The van der Waals surface area contributed by atoms with Gasteiger partial charge in [0, 0.05) is 0 Å². The molecule has 0 spiro atoms. The molecule has 21 heavy (non-hydrogen) atoms. The van der Waals surface area contributed by atoms with Gasteiger partial charge in [-0.05, 0) is 35.9 Å². The van der Waals surface area contributed by atoms with E-state index in [2.05, 4.69) is 0 Å². The number of hydrogen-bond donors (Lipinski definition) is 1. The molecular formula is C17H16O4. The van der Waals surface area contributed by atoms with E-state index in [-0.39, 0.29) is 18.3 Å². The van der Waals surface area contributed by atoms with Crippen molar-refractivity contribution >= 4 is 12.0 Å². The van der Waals surface area contributed by atoms with E-state index in [4.69, 9.17) is 9.47 Å². The van der Waals surface area contributed by atoms with Crippen LogP contribution in [0.15, 0.2) is 54.6 Å². The summed E-state index contributed by atoms with van der Waals surface area (Å²) >= 11 is 0.